The lowest BCUT2D eigenvalue weighted by molar-refractivity contribution is -0.165. The van der Waals surface area contributed by atoms with E-state index in [1.165, 1.54) is 11.8 Å². The molecule has 1 rings (SSSR count). The van der Waals surface area contributed by atoms with Crippen LogP contribution in [0.3, 0.4) is 0 Å². The van der Waals surface area contributed by atoms with Gasteiger partial charge in [-0.05, 0) is 5.75 Å². The van der Waals surface area contributed by atoms with Crippen LogP contribution >= 0.6 is 11.8 Å². The fraction of sp³-hybridized carbons (Fsp3) is 1.00. The predicted molar refractivity (Wildman–Crippen MR) is 53.9 cm³/mol. The number of hydrogen-bond acceptors (Lipinski definition) is 6. The molecule has 1 saturated heterocycles. The fourth-order valence-corrected chi connectivity index (χ4v) is 2.35. The Hall–Kier alpha value is 0.150. The third-order valence-corrected chi connectivity index (χ3v) is 3.35. The molecule has 5 atom stereocenters. The summed E-state index contributed by atoms with van der Waals surface area (Å²) in [7, 11) is 0. The molecule has 0 amide bonds. The van der Waals surface area contributed by atoms with Crippen LogP contribution in [0.2, 0.25) is 0 Å². The first kappa shape index (κ1) is 12.2. The van der Waals surface area contributed by atoms with E-state index < -0.39 is 24.4 Å². The van der Waals surface area contributed by atoms with Crippen LogP contribution in [0.4, 0.5) is 0 Å². The largest absolute Gasteiger partial charge is 0.394 e. The summed E-state index contributed by atoms with van der Waals surface area (Å²) in [6.07, 6.45) is -2.89. The Bertz CT molecular complexity index is 179. The molecule has 0 saturated carbocycles. The van der Waals surface area contributed by atoms with Gasteiger partial charge in [0.2, 0.25) is 0 Å². The molecule has 0 radical (unpaired) electrons. The molecule has 5 N–H and O–H groups in total. The lowest BCUT2D eigenvalue weighted by Gasteiger charge is -2.40. The van der Waals surface area contributed by atoms with Gasteiger partial charge < -0.3 is 25.8 Å². The van der Waals surface area contributed by atoms with Gasteiger partial charge in [-0.1, -0.05) is 6.92 Å². The minimum absolute atomic E-state index is 0.314. The fourth-order valence-electron chi connectivity index (χ4n) is 1.42. The van der Waals surface area contributed by atoms with E-state index in [0.717, 1.165) is 5.75 Å². The monoisotopic (exact) mass is 223 g/mol. The van der Waals surface area contributed by atoms with Crippen LogP contribution in [0.5, 0.6) is 0 Å². The summed E-state index contributed by atoms with van der Waals surface area (Å²) in [4.78, 5) is 0. The number of nitrogens with two attached hydrogens (primary N) is 1. The van der Waals surface area contributed by atoms with Crippen molar-refractivity contribution in [1.82, 2.24) is 0 Å². The van der Waals surface area contributed by atoms with Crippen molar-refractivity contribution in [1.29, 1.82) is 0 Å². The van der Waals surface area contributed by atoms with E-state index in [-0.39, 0.29) is 12.0 Å². The van der Waals surface area contributed by atoms with Gasteiger partial charge in [-0.2, -0.15) is 0 Å². The van der Waals surface area contributed by atoms with E-state index in [0.29, 0.717) is 0 Å². The van der Waals surface area contributed by atoms with Gasteiger partial charge in [0.15, 0.2) is 0 Å². The van der Waals surface area contributed by atoms with Gasteiger partial charge in [-0.3, -0.25) is 0 Å². The van der Waals surface area contributed by atoms with Crippen LogP contribution < -0.4 is 5.73 Å². The number of aliphatic hydroxyl groups is 3. The molecule has 0 aromatic rings. The van der Waals surface area contributed by atoms with Crippen LogP contribution in [-0.2, 0) is 4.74 Å². The zero-order valence-corrected chi connectivity index (χ0v) is 8.85. The standard InChI is InChI=1S/C8H17NO4S/c1-2-14-8-5(9)7(12)6(11)4(3-10)13-8/h4-8,10-12H,2-3,9H2,1H3/t4?,5?,6-,7?,8+/m1/s1. The first-order valence-corrected chi connectivity index (χ1v) is 5.66. The Balaban J connectivity index is 2.63. The van der Waals surface area contributed by atoms with Crippen molar-refractivity contribution >= 4 is 11.8 Å². The summed E-state index contributed by atoms with van der Waals surface area (Å²) in [6, 6.07) is -0.613. The lowest BCUT2D eigenvalue weighted by atomic mass is 9.99. The second kappa shape index (κ2) is 5.29. The molecule has 1 heterocycles. The van der Waals surface area contributed by atoms with Crippen molar-refractivity contribution in [2.24, 2.45) is 5.73 Å². The van der Waals surface area contributed by atoms with E-state index in [4.69, 9.17) is 15.6 Å². The molecular weight excluding hydrogens is 206 g/mol. The SMILES string of the molecule is CCS[C@@H]1OC(CO)[C@@H](O)C(O)C1N. The third kappa shape index (κ3) is 2.39. The van der Waals surface area contributed by atoms with Crippen LogP contribution in [0.1, 0.15) is 6.92 Å². The molecule has 1 fully saturated rings. The molecule has 1 aliphatic rings. The van der Waals surface area contributed by atoms with Crippen molar-refractivity contribution in [2.75, 3.05) is 12.4 Å². The highest BCUT2D eigenvalue weighted by atomic mass is 32.2. The smallest absolute Gasteiger partial charge is 0.121 e. The van der Waals surface area contributed by atoms with Crippen LogP contribution in [-0.4, -0.2) is 57.5 Å². The average Bonchev–Trinajstić information content (AvgIpc) is 2.19. The quantitative estimate of drug-likeness (QED) is 0.465. The maximum Gasteiger partial charge on any atom is 0.121 e. The van der Waals surface area contributed by atoms with E-state index in [1.807, 2.05) is 6.92 Å². The molecule has 0 spiro atoms. The number of thioether (sulfide) groups is 1. The summed E-state index contributed by atoms with van der Waals surface area (Å²) >= 11 is 1.46. The second-order valence-corrected chi connectivity index (χ2v) is 4.61. The molecule has 1 aliphatic heterocycles. The van der Waals surface area contributed by atoms with Gasteiger partial charge in [0.1, 0.15) is 23.7 Å². The molecule has 84 valence electrons. The number of rotatable bonds is 3. The molecular formula is C8H17NO4S. The van der Waals surface area contributed by atoms with Crippen molar-refractivity contribution in [3.63, 3.8) is 0 Å². The lowest BCUT2D eigenvalue weighted by Crippen LogP contribution is -2.60. The second-order valence-electron chi connectivity index (χ2n) is 3.24. The van der Waals surface area contributed by atoms with Crippen molar-refractivity contribution in [3.8, 4) is 0 Å². The van der Waals surface area contributed by atoms with Crippen molar-refractivity contribution in [3.05, 3.63) is 0 Å². The van der Waals surface area contributed by atoms with Gasteiger partial charge in [0.25, 0.3) is 0 Å². The van der Waals surface area contributed by atoms with E-state index in [9.17, 15) is 10.2 Å². The summed E-state index contributed by atoms with van der Waals surface area (Å²) < 4.78 is 5.35. The molecule has 14 heavy (non-hydrogen) atoms. The normalized spacial score (nSPS) is 43.9. The number of aliphatic hydroxyl groups excluding tert-OH is 3. The Morgan fingerprint density at radius 2 is 2.00 bits per heavy atom. The van der Waals surface area contributed by atoms with Crippen molar-refractivity contribution in [2.45, 2.75) is 36.7 Å². The first-order valence-electron chi connectivity index (χ1n) is 4.61. The summed E-state index contributed by atoms with van der Waals surface area (Å²) in [5, 5.41) is 27.9. The minimum atomic E-state index is -1.11. The van der Waals surface area contributed by atoms with Gasteiger partial charge in [-0.25, -0.2) is 0 Å². The minimum Gasteiger partial charge on any atom is -0.394 e. The maximum absolute atomic E-state index is 9.57. The zero-order chi connectivity index (χ0) is 10.7. The van der Waals surface area contributed by atoms with Gasteiger partial charge >= 0.3 is 0 Å². The van der Waals surface area contributed by atoms with E-state index >= 15 is 0 Å². The average molecular weight is 223 g/mol. The van der Waals surface area contributed by atoms with Crippen molar-refractivity contribution < 1.29 is 20.1 Å². The Morgan fingerprint density at radius 1 is 1.36 bits per heavy atom. The van der Waals surface area contributed by atoms with E-state index in [2.05, 4.69) is 0 Å². The highest BCUT2D eigenvalue weighted by Crippen LogP contribution is 2.26. The third-order valence-electron chi connectivity index (χ3n) is 2.26. The predicted octanol–water partition coefficient (Wildman–Crippen LogP) is -1.49. The summed E-state index contributed by atoms with van der Waals surface area (Å²) in [6.45, 7) is 1.64. The number of hydrogen-bond donors (Lipinski definition) is 4. The van der Waals surface area contributed by atoms with Crippen LogP contribution in [0, 0.1) is 0 Å². The molecule has 0 bridgehead atoms. The van der Waals surface area contributed by atoms with Gasteiger partial charge in [-0.15, -0.1) is 11.8 Å². The topological polar surface area (TPSA) is 95.9 Å². The molecule has 0 aromatic heterocycles. The Morgan fingerprint density at radius 3 is 2.50 bits per heavy atom. The molecule has 6 heteroatoms. The molecule has 0 aromatic carbocycles. The summed E-state index contributed by atoms with van der Waals surface area (Å²) in [5.41, 5.74) is 5.31. The number of ether oxygens (including phenoxy) is 1. The Kier molecular flexibility index (Phi) is 4.62. The zero-order valence-electron chi connectivity index (χ0n) is 8.04. The van der Waals surface area contributed by atoms with E-state index in [1.54, 1.807) is 0 Å². The molecule has 5 nitrogen and oxygen atoms in total. The molecule has 3 unspecified atom stereocenters. The maximum atomic E-state index is 9.57. The highest BCUT2D eigenvalue weighted by molar-refractivity contribution is 7.99. The van der Waals surface area contributed by atoms with Crippen LogP contribution in [0.15, 0.2) is 0 Å². The molecule has 0 aliphatic carbocycles. The van der Waals surface area contributed by atoms with Gasteiger partial charge in [0.05, 0.1) is 12.6 Å². The van der Waals surface area contributed by atoms with Gasteiger partial charge in [0, 0.05) is 0 Å². The first-order chi connectivity index (χ1) is 6.61. The highest BCUT2D eigenvalue weighted by Gasteiger charge is 2.42. The Labute approximate surface area is 87.2 Å². The van der Waals surface area contributed by atoms with Crippen LogP contribution in [0.25, 0.3) is 0 Å². The summed E-state index contributed by atoms with van der Waals surface area (Å²) in [5.74, 6) is 0.805.